The van der Waals surface area contributed by atoms with Gasteiger partial charge in [-0.25, -0.2) is 4.98 Å². The number of halogens is 3. The zero-order chi connectivity index (χ0) is 14.2. The van der Waals surface area contributed by atoms with Crippen LogP contribution in [0.5, 0.6) is 0 Å². The van der Waals surface area contributed by atoms with E-state index in [0.717, 1.165) is 12.1 Å². The minimum atomic E-state index is -3.07. The van der Waals surface area contributed by atoms with E-state index in [9.17, 15) is 0 Å². The summed E-state index contributed by atoms with van der Waals surface area (Å²) in [5.74, 6) is 0. The van der Waals surface area contributed by atoms with Gasteiger partial charge in [-0.3, -0.25) is 0 Å². The summed E-state index contributed by atoms with van der Waals surface area (Å²) < 4.78 is 8.42. The average Bonchev–Trinajstić information content (AvgIpc) is 2.33. The van der Waals surface area contributed by atoms with Crippen LogP contribution in [0.25, 0.3) is 0 Å². The first-order valence-electron chi connectivity index (χ1n) is 4.94. The molecule has 0 spiro atoms. The Morgan fingerprint density at radius 2 is 2.00 bits per heavy atom. The molecule has 1 heterocycles. The van der Waals surface area contributed by atoms with E-state index in [1.54, 1.807) is 13.0 Å². The molecular formula is C9H13Cl3NO3PS. The fourth-order valence-corrected chi connectivity index (χ4v) is 1.91. The van der Waals surface area contributed by atoms with Crippen LogP contribution in [-0.2, 0) is 26.8 Å². The summed E-state index contributed by atoms with van der Waals surface area (Å²) in [7, 11) is 0. The number of hydrogen-bond acceptors (Lipinski definition) is 4. The molecule has 0 saturated heterocycles. The van der Waals surface area contributed by atoms with Crippen LogP contribution in [0.1, 0.15) is 19.5 Å². The van der Waals surface area contributed by atoms with E-state index in [2.05, 4.69) is 25.4 Å². The van der Waals surface area contributed by atoms with E-state index in [1.165, 1.54) is 0 Å². The predicted molar refractivity (Wildman–Crippen MR) is 78.7 cm³/mol. The zero-order valence-electron chi connectivity index (χ0n) is 9.77. The molecule has 1 rings (SSSR count). The lowest BCUT2D eigenvalue weighted by Crippen LogP contribution is -1.85. The van der Waals surface area contributed by atoms with Gasteiger partial charge in [0.2, 0.25) is 0 Å². The second kappa shape index (κ2) is 9.45. The third kappa shape index (κ3) is 7.87. The molecule has 1 atom stereocenters. The lowest BCUT2D eigenvalue weighted by atomic mass is 10.3. The van der Waals surface area contributed by atoms with Crippen molar-refractivity contribution >= 4 is 53.6 Å². The van der Waals surface area contributed by atoms with Gasteiger partial charge in [0.1, 0.15) is 5.15 Å². The number of aromatic nitrogens is 1. The first-order chi connectivity index (χ1) is 8.36. The standard InChI is InChI=1S/C7H7Cl2N.C2H6ClO3PS/c1-2-5-3-4-6(8)7(9)10-5;1-2-5-7(4,8)6-3/h3-4H,2H2,1H3;2H2,1H3,(H,4,8). The number of aryl methyl sites for hydroxylation is 1. The quantitative estimate of drug-likeness (QED) is 0.644. The molecular weight excluding hydrogens is 340 g/mol. The molecule has 0 aliphatic heterocycles. The predicted octanol–water partition coefficient (Wildman–Crippen LogP) is 4.36. The third-order valence-corrected chi connectivity index (χ3v) is 4.40. The SMILES string of the molecule is CCOP(O)(=S)OCl.CCc1ccc(Cl)c(Cl)n1. The van der Waals surface area contributed by atoms with Gasteiger partial charge in [0.25, 0.3) is 0 Å². The lowest BCUT2D eigenvalue weighted by molar-refractivity contribution is 0.277. The molecule has 0 aliphatic rings. The van der Waals surface area contributed by atoms with Gasteiger partial charge in [-0.2, -0.15) is 4.08 Å². The van der Waals surface area contributed by atoms with Gasteiger partial charge in [-0.15, -0.1) is 0 Å². The van der Waals surface area contributed by atoms with E-state index >= 15 is 0 Å². The average molecular weight is 353 g/mol. The fraction of sp³-hybridized carbons (Fsp3) is 0.444. The highest BCUT2D eigenvalue weighted by atomic mass is 35.5. The van der Waals surface area contributed by atoms with Crippen molar-refractivity contribution in [2.24, 2.45) is 0 Å². The fourth-order valence-electron chi connectivity index (χ4n) is 0.835. The van der Waals surface area contributed by atoms with Crippen molar-refractivity contribution in [3.05, 3.63) is 28.0 Å². The summed E-state index contributed by atoms with van der Waals surface area (Å²) in [6, 6.07) is 3.63. The Hall–Kier alpha value is 0.550. The molecule has 0 saturated carbocycles. The van der Waals surface area contributed by atoms with E-state index in [0.29, 0.717) is 16.8 Å². The van der Waals surface area contributed by atoms with E-state index in [1.807, 2.05) is 13.0 Å². The smallest absolute Gasteiger partial charge is 0.324 e. The summed E-state index contributed by atoms with van der Waals surface area (Å²) in [4.78, 5) is 12.7. The molecule has 0 aromatic carbocycles. The van der Waals surface area contributed by atoms with Crippen molar-refractivity contribution in [2.45, 2.75) is 20.3 Å². The Bertz CT molecular complexity index is 422. The molecule has 18 heavy (non-hydrogen) atoms. The zero-order valence-corrected chi connectivity index (χ0v) is 13.7. The van der Waals surface area contributed by atoms with Crippen LogP contribution in [0.4, 0.5) is 0 Å². The summed E-state index contributed by atoms with van der Waals surface area (Å²) >= 11 is 20.4. The monoisotopic (exact) mass is 351 g/mol. The molecule has 0 fully saturated rings. The molecule has 1 aromatic rings. The Kier molecular flexibility index (Phi) is 9.74. The molecule has 0 amide bonds. The van der Waals surface area contributed by atoms with E-state index in [-0.39, 0.29) is 0 Å². The van der Waals surface area contributed by atoms with E-state index in [4.69, 9.17) is 40.0 Å². The van der Waals surface area contributed by atoms with Gasteiger partial charge < -0.3 is 9.42 Å². The van der Waals surface area contributed by atoms with Crippen molar-refractivity contribution in [3.8, 4) is 0 Å². The molecule has 1 aromatic heterocycles. The Morgan fingerprint density at radius 3 is 2.33 bits per heavy atom. The number of pyridine rings is 1. The topological polar surface area (TPSA) is 51.6 Å². The van der Waals surface area contributed by atoms with Gasteiger partial charge in [0, 0.05) is 5.69 Å². The molecule has 1 unspecified atom stereocenters. The third-order valence-electron chi connectivity index (χ3n) is 1.60. The van der Waals surface area contributed by atoms with Crippen molar-refractivity contribution in [1.82, 2.24) is 4.98 Å². The Morgan fingerprint density at radius 1 is 1.39 bits per heavy atom. The minimum absolute atomic E-state index is 0.306. The molecule has 4 nitrogen and oxygen atoms in total. The van der Waals surface area contributed by atoms with Gasteiger partial charge in [-0.1, -0.05) is 30.1 Å². The number of hydrogen-bond donors (Lipinski definition) is 1. The van der Waals surface area contributed by atoms with Crippen LogP contribution in [0.2, 0.25) is 10.2 Å². The maximum absolute atomic E-state index is 8.67. The van der Waals surface area contributed by atoms with Crippen molar-refractivity contribution in [2.75, 3.05) is 6.61 Å². The molecule has 0 radical (unpaired) electrons. The van der Waals surface area contributed by atoms with Crippen LogP contribution in [0.15, 0.2) is 12.1 Å². The maximum Gasteiger partial charge on any atom is 0.341 e. The maximum atomic E-state index is 8.67. The second-order valence-corrected chi connectivity index (χ2v) is 6.78. The number of rotatable bonds is 4. The van der Waals surface area contributed by atoms with Crippen LogP contribution in [0, 0.1) is 0 Å². The molecule has 0 aliphatic carbocycles. The van der Waals surface area contributed by atoms with Gasteiger partial charge in [0.15, 0.2) is 0 Å². The van der Waals surface area contributed by atoms with Crippen LogP contribution < -0.4 is 0 Å². The van der Waals surface area contributed by atoms with E-state index < -0.39 is 6.72 Å². The first-order valence-corrected chi connectivity index (χ1v) is 8.60. The highest BCUT2D eigenvalue weighted by Gasteiger charge is 2.11. The number of nitrogens with zero attached hydrogens (tertiary/aromatic N) is 1. The largest absolute Gasteiger partial charge is 0.341 e. The highest BCUT2D eigenvalue weighted by Crippen LogP contribution is 2.44. The van der Waals surface area contributed by atoms with Crippen molar-refractivity contribution in [1.29, 1.82) is 0 Å². The molecule has 104 valence electrons. The summed E-state index contributed by atoms with van der Waals surface area (Å²) in [6.45, 7) is 0.939. The van der Waals surface area contributed by atoms with Crippen molar-refractivity contribution in [3.63, 3.8) is 0 Å². The van der Waals surface area contributed by atoms with Gasteiger partial charge in [-0.05, 0) is 37.3 Å². The molecule has 1 N–H and O–H groups in total. The summed E-state index contributed by atoms with van der Waals surface area (Å²) in [5, 5.41) is 0.903. The van der Waals surface area contributed by atoms with Gasteiger partial charge in [0.05, 0.1) is 23.5 Å². The summed E-state index contributed by atoms with van der Waals surface area (Å²) in [6.07, 6.45) is 0.886. The van der Waals surface area contributed by atoms with Crippen LogP contribution in [0.3, 0.4) is 0 Å². The molecule has 9 heteroatoms. The van der Waals surface area contributed by atoms with Crippen molar-refractivity contribution < 1.29 is 13.5 Å². The lowest BCUT2D eigenvalue weighted by Gasteiger charge is -2.06. The second-order valence-electron chi connectivity index (χ2n) is 2.88. The Balaban J connectivity index is 0.000000331. The normalized spacial score (nSPS) is 13.4. The first kappa shape index (κ1) is 18.6. The summed E-state index contributed by atoms with van der Waals surface area (Å²) in [5.41, 5.74) is 0.967. The highest BCUT2D eigenvalue weighted by molar-refractivity contribution is 8.07. The van der Waals surface area contributed by atoms with Crippen LogP contribution in [-0.4, -0.2) is 16.5 Å². The Labute approximate surface area is 127 Å². The molecule has 0 bridgehead atoms. The van der Waals surface area contributed by atoms with Gasteiger partial charge >= 0.3 is 6.72 Å². The minimum Gasteiger partial charge on any atom is -0.324 e. The van der Waals surface area contributed by atoms with Crippen LogP contribution >= 0.6 is 41.8 Å².